The summed E-state index contributed by atoms with van der Waals surface area (Å²) in [5.41, 5.74) is 0. The molecule has 1 atom stereocenters. The molecule has 0 radical (unpaired) electrons. The van der Waals surface area contributed by atoms with E-state index in [0.717, 1.165) is 128 Å². The van der Waals surface area contributed by atoms with Crippen LogP contribution in [0, 0.1) is 0 Å². The third-order valence-electron chi connectivity index (χ3n) is 13.4. The Bertz CT molecular complexity index is 1670. The summed E-state index contributed by atoms with van der Waals surface area (Å²) in [6.07, 6.45) is 92.1. The maximum absolute atomic E-state index is 12.8. The van der Waals surface area contributed by atoms with Crippen LogP contribution >= 0.6 is 0 Å². The molecule has 0 spiro atoms. The van der Waals surface area contributed by atoms with E-state index >= 15 is 0 Å². The molecule has 6 nitrogen and oxygen atoms in total. The number of ether oxygens (including phenoxy) is 3. The highest BCUT2D eigenvalue weighted by molar-refractivity contribution is 5.71. The molecule has 0 saturated carbocycles. The molecule has 0 fully saturated rings. The average molecular weight is 1080 g/mol. The lowest BCUT2D eigenvalue weighted by Gasteiger charge is -2.18. The highest BCUT2D eigenvalue weighted by atomic mass is 16.6. The maximum Gasteiger partial charge on any atom is 0.306 e. The second-order valence-corrected chi connectivity index (χ2v) is 20.9. The smallest absolute Gasteiger partial charge is 0.306 e. The third-order valence-corrected chi connectivity index (χ3v) is 13.4. The van der Waals surface area contributed by atoms with Crippen molar-refractivity contribution in [1.29, 1.82) is 0 Å². The molecular formula is C72H118O6. The van der Waals surface area contributed by atoms with Gasteiger partial charge < -0.3 is 14.2 Å². The van der Waals surface area contributed by atoms with Gasteiger partial charge in [-0.1, -0.05) is 276 Å². The summed E-state index contributed by atoms with van der Waals surface area (Å²) in [6, 6.07) is 0. The minimum absolute atomic E-state index is 0.0920. The van der Waals surface area contributed by atoms with Crippen molar-refractivity contribution in [2.24, 2.45) is 0 Å². The van der Waals surface area contributed by atoms with Crippen LogP contribution in [-0.2, 0) is 28.6 Å². The molecule has 0 aliphatic heterocycles. The van der Waals surface area contributed by atoms with E-state index < -0.39 is 6.10 Å². The third kappa shape index (κ3) is 62.4. The number of hydrogen-bond donors (Lipinski definition) is 0. The van der Waals surface area contributed by atoms with E-state index in [1.165, 1.54) is 116 Å². The van der Waals surface area contributed by atoms with Crippen LogP contribution in [0.15, 0.2) is 134 Å². The minimum atomic E-state index is -0.795. The Kier molecular flexibility index (Phi) is 61.4. The van der Waals surface area contributed by atoms with E-state index in [0.29, 0.717) is 19.3 Å². The lowest BCUT2D eigenvalue weighted by Crippen LogP contribution is -2.30. The summed E-state index contributed by atoms with van der Waals surface area (Å²) in [5.74, 6) is -0.937. The average Bonchev–Trinajstić information content (AvgIpc) is 3.44. The van der Waals surface area contributed by atoms with E-state index in [2.05, 4.69) is 154 Å². The van der Waals surface area contributed by atoms with Gasteiger partial charge in [-0.05, 0) is 122 Å². The first-order valence-electron chi connectivity index (χ1n) is 32.2. The van der Waals surface area contributed by atoms with Gasteiger partial charge in [-0.3, -0.25) is 14.4 Å². The van der Waals surface area contributed by atoms with Gasteiger partial charge in [0.05, 0.1) is 0 Å². The molecule has 6 heteroatoms. The maximum atomic E-state index is 12.8. The van der Waals surface area contributed by atoms with Gasteiger partial charge in [-0.2, -0.15) is 0 Å². The zero-order chi connectivity index (χ0) is 56.4. The second kappa shape index (κ2) is 65.1. The molecule has 0 aromatic rings. The zero-order valence-corrected chi connectivity index (χ0v) is 50.6. The summed E-state index contributed by atoms with van der Waals surface area (Å²) in [7, 11) is 0. The molecule has 0 aromatic carbocycles. The predicted molar refractivity (Wildman–Crippen MR) is 339 cm³/mol. The summed E-state index contributed by atoms with van der Waals surface area (Å²) < 4.78 is 16.8. The van der Waals surface area contributed by atoms with Crippen molar-refractivity contribution in [2.45, 2.75) is 290 Å². The van der Waals surface area contributed by atoms with Crippen molar-refractivity contribution in [3.05, 3.63) is 134 Å². The molecule has 0 amide bonds. The van der Waals surface area contributed by atoms with Gasteiger partial charge in [0.2, 0.25) is 0 Å². The Balaban J connectivity index is 4.20. The molecule has 0 aliphatic carbocycles. The quantitative estimate of drug-likeness (QED) is 0.0261. The zero-order valence-electron chi connectivity index (χ0n) is 50.6. The first kappa shape index (κ1) is 73.5. The van der Waals surface area contributed by atoms with Gasteiger partial charge in [-0.15, -0.1) is 0 Å². The molecule has 0 N–H and O–H groups in total. The highest BCUT2D eigenvalue weighted by Crippen LogP contribution is 2.15. The van der Waals surface area contributed by atoms with Gasteiger partial charge >= 0.3 is 17.9 Å². The van der Waals surface area contributed by atoms with Crippen LogP contribution in [0.2, 0.25) is 0 Å². The second-order valence-electron chi connectivity index (χ2n) is 20.9. The van der Waals surface area contributed by atoms with Crippen LogP contribution < -0.4 is 0 Å². The number of hydrogen-bond acceptors (Lipinski definition) is 6. The van der Waals surface area contributed by atoms with Crippen molar-refractivity contribution in [3.8, 4) is 0 Å². The molecule has 0 saturated heterocycles. The van der Waals surface area contributed by atoms with E-state index in [9.17, 15) is 14.4 Å². The van der Waals surface area contributed by atoms with E-state index in [-0.39, 0.29) is 31.1 Å². The molecule has 78 heavy (non-hydrogen) atoms. The molecule has 1 unspecified atom stereocenters. The number of unbranched alkanes of at least 4 members (excludes halogenated alkanes) is 24. The van der Waals surface area contributed by atoms with E-state index in [1.807, 2.05) is 0 Å². The summed E-state index contributed by atoms with van der Waals surface area (Å²) >= 11 is 0. The van der Waals surface area contributed by atoms with E-state index in [1.54, 1.807) is 0 Å². The molecular weight excluding hydrogens is 961 g/mol. The summed E-state index contributed by atoms with van der Waals surface area (Å²) in [5, 5.41) is 0. The van der Waals surface area contributed by atoms with Crippen LogP contribution in [0.25, 0.3) is 0 Å². The first-order valence-corrected chi connectivity index (χ1v) is 32.2. The van der Waals surface area contributed by atoms with Gasteiger partial charge in [0.1, 0.15) is 13.2 Å². The topological polar surface area (TPSA) is 78.9 Å². The van der Waals surface area contributed by atoms with Crippen molar-refractivity contribution < 1.29 is 28.6 Å². The van der Waals surface area contributed by atoms with Crippen LogP contribution in [0.1, 0.15) is 284 Å². The van der Waals surface area contributed by atoms with Crippen LogP contribution in [0.4, 0.5) is 0 Å². The van der Waals surface area contributed by atoms with Gasteiger partial charge in [-0.25, -0.2) is 0 Å². The van der Waals surface area contributed by atoms with Crippen molar-refractivity contribution in [2.75, 3.05) is 13.2 Å². The largest absolute Gasteiger partial charge is 0.462 e. The van der Waals surface area contributed by atoms with Crippen LogP contribution in [-0.4, -0.2) is 37.2 Å². The van der Waals surface area contributed by atoms with Crippen LogP contribution in [0.5, 0.6) is 0 Å². The van der Waals surface area contributed by atoms with E-state index in [4.69, 9.17) is 14.2 Å². The van der Waals surface area contributed by atoms with Crippen molar-refractivity contribution in [1.82, 2.24) is 0 Å². The van der Waals surface area contributed by atoms with Crippen LogP contribution in [0.3, 0.4) is 0 Å². The number of allylic oxidation sites excluding steroid dienone is 22. The van der Waals surface area contributed by atoms with Crippen molar-refractivity contribution >= 4 is 17.9 Å². The molecule has 0 aliphatic rings. The summed E-state index contributed by atoms with van der Waals surface area (Å²) in [6.45, 7) is 6.43. The lowest BCUT2D eigenvalue weighted by molar-refractivity contribution is -0.167. The normalized spacial score (nSPS) is 13.0. The molecule has 0 bridgehead atoms. The fourth-order valence-electron chi connectivity index (χ4n) is 8.58. The monoisotopic (exact) mass is 1080 g/mol. The highest BCUT2D eigenvalue weighted by Gasteiger charge is 2.19. The standard InChI is InChI=1S/C72H118O6/c1-4-7-10-13-16-18-20-22-24-26-28-30-32-33-34-35-36-37-38-39-41-42-44-46-48-50-52-54-56-59-62-65-71(74)77-68-69(67-76-70(73)64-61-58-15-12-9-6-3)78-72(75)66-63-60-57-55-53-51-49-47-45-43-40-31-29-27-25-23-21-19-17-14-11-8-5-2/h7,10,16,18,21-24,27-30,33-34,36-37,39,41,44,46,50,52,69H,4-6,8-9,11-15,17,19-20,25-26,31-32,35,38,40,42-43,45,47-49,51,53-68H2,1-3H3/b10-7-,18-16-,23-21-,24-22-,29-27-,30-28-,34-33-,37-36-,41-39-,46-44-,52-50-. The number of rotatable bonds is 57. The van der Waals surface area contributed by atoms with Gasteiger partial charge in [0, 0.05) is 19.3 Å². The summed E-state index contributed by atoms with van der Waals surface area (Å²) in [4.78, 5) is 38.0. The Morgan fingerprint density at radius 1 is 0.269 bits per heavy atom. The number of carbonyl (C=O) groups is 3. The SMILES string of the molecule is CC/C=C\C/C=C\C/C=C\C/C=C\C/C=C\C/C=C\C/C=C\C/C=C\C/C=C\CCCCCC(=O)OCC(COC(=O)CCCCCCCC)OC(=O)CCCCCCCCCCCCC/C=C\C/C=C\CCCCCCC. The molecule has 442 valence electrons. The minimum Gasteiger partial charge on any atom is -0.462 e. The Morgan fingerprint density at radius 3 is 0.795 bits per heavy atom. The first-order chi connectivity index (χ1) is 38.5. The number of esters is 3. The molecule has 0 aromatic heterocycles. The fraction of sp³-hybridized carbons (Fsp3) is 0.653. The Labute approximate surface area is 481 Å². The van der Waals surface area contributed by atoms with Crippen molar-refractivity contribution in [3.63, 3.8) is 0 Å². The Morgan fingerprint density at radius 2 is 0.500 bits per heavy atom. The van der Waals surface area contributed by atoms with Gasteiger partial charge in [0.15, 0.2) is 6.10 Å². The molecule has 0 rings (SSSR count). The lowest BCUT2D eigenvalue weighted by atomic mass is 10.0. The fourth-order valence-corrected chi connectivity index (χ4v) is 8.58. The van der Waals surface area contributed by atoms with Gasteiger partial charge in [0.25, 0.3) is 0 Å². The Hall–Kier alpha value is -4.45. The predicted octanol–water partition coefficient (Wildman–Crippen LogP) is 22.2. The molecule has 0 heterocycles. The number of carbonyl (C=O) groups excluding carboxylic acids is 3.